The molecule has 1 aromatic heterocycles. The van der Waals surface area contributed by atoms with Gasteiger partial charge in [-0.05, 0) is 43.7 Å². The predicted octanol–water partition coefficient (Wildman–Crippen LogP) is 5.44. The van der Waals surface area contributed by atoms with E-state index in [4.69, 9.17) is 11.6 Å². The summed E-state index contributed by atoms with van der Waals surface area (Å²) in [5.74, 6) is 0.750. The number of aromatic nitrogens is 1. The normalized spacial score (nSPS) is 20.7. The van der Waals surface area contributed by atoms with E-state index in [0.29, 0.717) is 0 Å². The van der Waals surface area contributed by atoms with Crippen molar-refractivity contribution in [2.45, 2.75) is 32.6 Å². The lowest BCUT2D eigenvalue weighted by atomic mass is 9.89. The molecular formula is C16H18ClN3S. The molecule has 0 radical (unpaired) electrons. The van der Waals surface area contributed by atoms with Crippen LogP contribution in [0.4, 0.5) is 5.13 Å². The number of hydrazone groups is 1. The van der Waals surface area contributed by atoms with E-state index in [1.165, 1.54) is 18.6 Å². The van der Waals surface area contributed by atoms with Crippen LogP contribution in [-0.4, -0.2) is 10.7 Å². The molecule has 1 fully saturated rings. The molecule has 0 spiro atoms. The largest absolute Gasteiger partial charge is 0.253 e. The molecule has 1 heterocycles. The van der Waals surface area contributed by atoms with Gasteiger partial charge in [0.25, 0.3) is 0 Å². The van der Waals surface area contributed by atoms with E-state index >= 15 is 0 Å². The molecule has 0 amide bonds. The Bertz CT molecular complexity index is 633. The van der Waals surface area contributed by atoms with Gasteiger partial charge in [0.1, 0.15) is 0 Å². The van der Waals surface area contributed by atoms with E-state index in [1.807, 2.05) is 29.6 Å². The standard InChI is InChI=1S/C16H18ClN3S/c1-11-3-2-4-14(9-11)19-20-16-18-15(10-21-16)12-5-7-13(17)8-6-12/h5-8,10-11H,2-4,9H2,1H3,(H,18,20)/b19-14-/t11-/m1/s1. The van der Waals surface area contributed by atoms with Gasteiger partial charge in [0.2, 0.25) is 5.13 Å². The molecule has 1 atom stereocenters. The number of nitrogens with zero attached hydrogens (tertiary/aromatic N) is 2. The summed E-state index contributed by atoms with van der Waals surface area (Å²) in [6.07, 6.45) is 4.77. The number of rotatable bonds is 3. The lowest BCUT2D eigenvalue weighted by Gasteiger charge is -2.18. The molecule has 0 bridgehead atoms. The monoisotopic (exact) mass is 319 g/mol. The number of anilines is 1. The lowest BCUT2D eigenvalue weighted by Crippen LogP contribution is -2.13. The molecule has 1 aliphatic carbocycles. The van der Waals surface area contributed by atoms with Crippen LogP contribution in [-0.2, 0) is 0 Å². The topological polar surface area (TPSA) is 37.3 Å². The van der Waals surface area contributed by atoms with Crippen molar-refractivity contribution in [1.82, 2.24) is 4.98 Å². The number of benzene rings is 1. The van der Waals surface area contributed by atoms with Crippen molar-refractivity contribution in [1.29, 1.82) is 0 Å². The van der Waals surface area contributed by atoms with Crippen molar-refractivity contribution in [3.8, 4) is 11.3 Å². The molecule has 5 heteroatoms. The summed E-state index contributed by atoms with van der Waals surface area (Å²) in [6.45, 7) is 2.29. The third-order valence-corrected chi connectivity index (χ3v) is 4.70. The van der Waals surface area contributed by atoms with Gasteiger partial charge >= 0.3 is 0 Å². The highest BCUT2D eigenvalue weighted by Gasteiger charge is 2.14. The van der Waals surface area contributed by atoms with Crippen LogP contribution < -0.4 is 5.43 Å². The van der Waals surface area contributed by atoms with Gasteiger partial charge in [0.05, 0.1) is 5.69 Å². The maximum Gasteiger partial charge on any atom is 0.203 e. The quantitative estimate of drug-likeness (QED) is 0.765. The van der Waals surface area contributed by atoms with Crippen LogP contribution in [0.3, 0.4) is 0 Å². The third kappa shape index (κ3) is 3.83. The molecule has 3 rings (SSSR count). The molecule has 1 aliphatic rings. The van der Waals surface area contributed by atoms with Gasteiger partial charge in [0.15, 0.2) is 0 Å². The second-order valence-electron chi connectivity index (χ2n) is 5.54. The molecule has 110 valence electrons. The molecule has 0 saturated heterocycles. The summed E-state index contributed by atoms with van der Waals surface area (Å²) < 4.78 is 0. The first kappa shape index (κ1) is 14.5. The number of nitrogens with one attached hydrogen (secondary N) is 1. The zero-order valence-electron chi connectivity index (χ0n) is 12.0. The van der Waals surface area contributed by atoms with Gasteiger partial charge in [-0.15, -0.1) is 11.3 Å². The van der Waals surface area contributed by atoms with E-state index in [-0.39, 0.29) is 0 Å². The lowest BCUT2D eigenvalue weighted by molar-refractivity contribution is 0.500. The molecule has 0 unspecified atom stereocenters. The first-order chi connectivity index (χ1) is 10.2. The minimum absolute atomic E-state index is 0.741. The maximum atomic E-state index is 5.90. The van der Waals surface area contributed by atoms with Crippen LogP contribution in [0.1, 0.15) is 32.6 Å². The first-order valence-corrected chi connectivity index (χ1v) is 8.49. The zero-order chi connectivity index (χ0) is 14.7. The van der Waals surface area contributed by atoms with Gasteiger partial charge in [-0.25, -0.2) is 4.98 Å². The van der Waals surface area contributed by atoms with Crippen LogP contribution in [0.2, 0.25) is 5.02 Å². The number of hydrogen-bond donors (Lipinski definition) is 1. The van der Waals surface area contributed by atoms with Gasteiger partial charge in [-0.2, -0.15) is 5.10 Å². The van der Waals surface area contributed by atoms with E-state index in [0.717, 1.165) is 40.2 Å². The summed E-state index contributed by atoms with van der Waals surface area (Å²) >= 11 is 7.48. The van der Waals surface area contributed by atoms with Crippen molar-refractivity contribution in [2.24, 2.45) is 11.0 Å². The van der Waals surface area contributed by atoms with Crippen LogP contribution in [0.15, 0.2) is 34.7 Å². The highest BCUT2D eigenvalue weighted by molar-refractivity contribution is 7.14. The summed E-state index contributed by atoms with van der Waals surface area (Å²) in [7, 11) is 0. The Kier molecular flexibility index (Phi) is 4.56. The van der Waals surface area contributed by atoms with Crippen molar-refractivity contribution < 1.29 is 0 Å². The molecule has 1 aromatic carbocycles. The molecule has 0 aliphatic heterocycles. The highest BCUT2D eigenvalue weighted by atomic mass is 35.5. The Balaban J connectivity index is 1.67. The Hall–Kier alpha value is -1.39. The van der Waals surface area contributed by atoms with Crippen molar-refractivity contribution in [3.05, 3.63) is 34.7 Å². The predicted molar refractivity (Wildman–Crippen MR) is 91.2 cm³/mol. The molecule has 1 N–H and O–H groups in total. The molecule has 2 aromatic rings. The summed E-state index contributed by atoms with van der Waals surface area (Å²) in [5.41, 5.74) is 6.39. The Morgan fingerprint density at radius 2 is 2.14 bits per heavy atom. The van der Waals surface area contributed by atoms with Crippen LogP contribution in [0, 0.1) is 5.92 Å². The Morgan fingerprint density at radius 3 is 2.90 bits per heavy atom. The molecule has 21 heavy (non-hydrogen) atoms. The summed E-state index contributed by atoms with van der Waals surface area (Å²) in [4.78, 5) is 4.57. The van der Waals surface area contributed by atoms with Crippen LogP contribution >= 0.6 is 22.9 Å². The van der Waals surface area contributed by atoms with Gasteiger partial charge in [-0.1, -0.05) is 30.7 Å². The molecule has 1 saturated carbocycles. The number of thiazole rings is 1. The zero-order valence-corrected chi connectivity index (χ0v) is 13.5. The van der Waals surface area contributed by atoms with Crippen LogP contribution in [0.5, 0.6) is 0 Å². The van der Waals surface area contributed by atoms with Crippen molar-refractivity contribution in [2.75, 3.05) is 5.43 Å². The fourth-order valence-electron chi connectivity index (χ4n) is 2.57. The van der Waals surface area contributed by atoms with E-state index in [2.05, 4.69) is 22.4 Å². The average molecular weight is 320 g/mol. The minimum atomic E-state index is 0.741. The highest BCUT2D eigenvalue weighted by Crippen LogP contribution is 2.26. The maximum absolute atomic E-state index is 5.90. The second-order valence-corrected chi connectivity index (χ2v) is 6.83. The SMILES string of the molecule is C[C@@H]1CCC/C(=N/Nc2nc(-c3ccc(Cl)cc3)cs2)C1. The smallest absolute Gasteiger partial charge is 0.203 e. The molecule has 3 nitrogen and oxygen atoms in total. The fraction of sp³-hybridized carbons (Fsp3) is 0.375. The van der Waals surface area contributed by atoms with Gasteiger partial charge in [-0.3, -0.25) is 5.43 Å². The average Bonchev–Trinajstić information content (AvgIpc) is 2.95. The summed E-state index contributed by atoms with van der Waals surface area (Å²) in [5, 5.41) is 8.13. The van der Waals surface area contributed by atoms with Gasteiger partial charge < -0.3 is 0 Å². The fourth-order valence-corrected chi connectivity index (χ4v) is 3.36. The number of hydrogen-bond acceptors (Lipinski definition) is 4. The van der Waals surface area contributed by atoms with Crippen molar-refractivity contribution in [3.63, 3.8) is 0 Å². The number of halogens is 1. The first-order valence-electron chi connectivity index (χ1n) is 7.23. The Labute approximate surface area is 134 Å². The minimum Gasteiger partial charge on any atom is -0.253 e. The van der Waals surface area contributed by atoms with E-state index in [1.54, 1.807) is 11.3 Å². The van der Waals surface area contributed by atoms with Crippen molar-refractivity contribution >= 4 is 33.8 Å². The Morgan fingerprint density at radius 1 is 1.33 bits per heavy atom. The second kappa shape index (κ2) is 6.58. The third-order valence-electron chi connectivity index (χ3n) is 3.70. The van der Waals surface area contributed by atoms with E-state index in [9.17, 15) is 0 Å². The van der Waals surface area contributed by atoms with E-state index < -0.39 is 0 Å². The summed E-state index contributed by atoms with van der Waals surface area (Å²) in [6, 6.07) is 7.73. The van der Waals surface area contributed by atoms with Crippen LogP contribution in [0.25, 0.3) is 11.3 Å². The van der Waals surface area contributed by atoms with Gasteiger partial charge in [0, 0.05) is 21.7 Å². The molecular weight excluding hydrogens is 302 g/mol.